The second-order valence-corrected chi connectivity index (χ2v) is 17.0. The molecule has 6 heteroatoms. The molecule has 45 heavy (non-hydrogen) atoms. The first kappa shape index (κ1) is 32.2. The summed E-state index contributed by atoms with van der Waals surface area (Å²) >= 11 is 0. The number of hydrogen-bond acceptors (Lipinski definition) is 3. The molecule has 0 fully saturated rings. The van der Waals surface area contributed by atoms with Crippen molar-refractivity contribution in [2.75, 3.05) is 0 Å². The molecule has 0 aliphatic rings. The Morgan fingerprint density at radius 1 is 0.733 bits per heavy atom. The van der Waals surface area contributed by atoms with Gasteiger partial charge in [0.1, 0.15) is 11.4 Å². The minimum Gasteiger partial charge on any atom is -0.500 e. The third-order valence-electron chi connectivity index (χ3n) is 7.85. The van der Waals surface area contributed by atoms with Crippen LogP contribution in [0.2, 0.25) is 19.6 Å². The predicted octanol–water partition coefficient (Wildman–Crippen LogP) is 9.83. The van der Waals surface area contributed by atoms with E-state index >= 15 is 0 Å². The normalized spacial score (nSPS) is 11.8. The summed E-state index contributed by atoms with van der Waals surface area (Å²) in [5.74, 6) is 0.0676. The molecular formula is C39H33FIrN2OSi-2. The van der Waals surface area contributed by atoms with Gasteiger partial charge in [-0.3, -0.25) is 0 Å². The molecule has 0 aliphatic heterocycles. The molecule has 7 rings (SSSR count). The maximum atomic E-state index is 13.5. The van der Waals surface area contributed by atoms with Crippen LogP contribution in [0.15, 0.2) is 126 Å². The zero-order valence-corrected chi connectivity index (χ0v) is 29.0. The van der Waals surface area contributed by atoms with E-state index in [1.807, 2.05) is 60.9 Å². The summed E-state index contributed by atoms with van der Waals surface area (Å²) in [7, 11) is -1.38. The van der Waals surface area contributed by atoms with E-state index in [-0.39, 0.29) is 25.9 Å². The summed E-state index contributed by atoms with van der Waals surface area (Å²) in [6.07, 6.45) is 3.77. The molecule has 4 aromatic carbocycles. The van der Waals surface area contributed by atoms with E-state index in [1.54, 1.807) is 6.07 Å². The molecule has 7 aromatic rings. The van der Waals surface area contributed by atoms with E-state index in [9.17, 15) is 4.39 Å². The summed E-state index contributed by atoms with van der Waals surface area (Å²) in [6, 6.07) is 41.9. The van der Waals surface area contributed by atoms with Crippen LogP contribution in [0.5, 0.6) is 0 Å². The van der Waals surface area contributed by atoms with Crippen LogP contribution in [0, 0.1) is 17.9 Å². The molecule has 1 unspecified atom stereocenters. The first-order valence-electron chi connectivity index (χ1n) is 14.8. The fraction of sp³-hybridized carbons (Fsp3) is 0.128. The van der Waals surface area contributed by atoms with Crippen LogP contribution >= 0.6 is 0 Å². The average molecular weight is 785 g/mol. The first-order chi connectivity index (χ1) is 21.3. The van der Waals surface area contributed by atoms with Crippen molar-refractivity contribution in [2.24, 2.45) is 0 Å². The molecule has 227 valence electrons. The quantitative estimate of drug-likeness (QED) is 0.129. The third-order valence-corrected chi connectivity index (χ3v) is 9.87. The summed E-state index contributed by atoms with van der Waals surface area (Å²) in [6.45, 7) is 9.12. The van der Waals surface area contributed by atoms with Gasteiger partial charge in [0.25, 0.3) is 0 Å². The van der Waals surface area contributed by atoms with Crippen molar-refractivity contribution >= 4 is 35.2 Å². The molecule has 0 N–H and O–H groups in total. The minimum absolute atomic E-state index is 0. The Morgan fingerprint density at radius 3 is 2.22 bits per heavy atom. The fourth-order valence-electron chi connectivity index (χ4n) is 5.25. The van der Waals surface area contributed by atoms with Crippen LogP contribution in [-0.2, 0) is 20.1 Å². The SMILES string of the molecule is CC(c1ccccc1)c1cc[c-]c(-c2ccccn2)c1.C[Si](C)(C)c1ccc(-c2[c-]ccc3c2oc2cc(F)ccc23)nc1.[Ir]. The number of hydrogen-bond donors (Lipinski definition) is 0. The number of furan rings is 1. The summed E-state index contributed by atoms with van der Waals surface area (Å²) in [4.78, 5) is 9.01. The summed E-state index contributed by atoms with van der Waals surface area (Å²) in [5, 5.41) is 3.17. The summed E-state index contributed by atoms with van der Waals surface area (Å²) in [5.41, 5.74) is 7.51. The molecule has 3 nitrogen and oxygen atoms in total. The van der Waals surface area contributed by atoms with Gasteiger partial charge >= 0.3 is 0 Å². The van der Waals surface area contributed by atoms with E-state index in [0.29, 0.717) is 17.1 Å². The molecule has 0 spiro atoms. The molecule has 1 radical (unpaired) electrons. The Hall–Kier alpha value is -4.22. The Kier molecular flexibility index (Phi) is 9.88. The molecule has 0 bridgehead atoms. The minimum atomic E-state index is -1.38. The fourth-order valence-corrected chi connectivity index (χ4v) is 6.28. The van der Waals surface area contributed by atoms with Gasteiger partial charge in [0.05, 0.1) is 13.7 Å². The zero-order chi connectivity index (χ0) is 30.7. The maximum Gasteiger partial charge on any atom is 0.126 e. The smallest absolute Gasteiger partial charge is 0.126 e. The number of nitrogens with zero attached hydrogens (tertiary/aromatic N) is 2. The Morgan fingerprint density at radius 2 is 1.51 bits per heavy atom. The first-order valence-corrected chi connectivity index (χ1v) is 18.3. The van der Waals surface area contributed by atoms with Crippen molar-refractivity contribution in [2.45, 2.75) is 32.5 Å². The number of fused-ring (bicyclic) bond motifs is 3. The molecule has 1 atom stereocenters. The zero-order valence-electron chi connectivity index (χ0n) is 25.6. The van der Waals surface area contributed by atoms with Gasteiger partial charge in [-0.05, 0) is 46.3 Å². The third kappa shape index (κ3) is 7.20. The molecule has 0 saturated heterocycles. The van der Waals surface area contributed by atoms with E-state index < -0.39 is 8.07 Å². The number of rotatable bonds is 5. The van der Waals surface area contributed by atoms with Crippen LogP contribution in [0.1, 0.15) is 24.0 Å². The number of pyridine rings is 2. The second kappa shape index (κ2) is 13.8. The van der Waals surface area contributed by atoms with Gasteiger partial charge in [0, 0.05) is 44.0 Å². The maximum absolute atomic E-state index is 13.5. The Bertz CT molecular complexity index is 2020. The Labute approximate surface area is 278 Å². The number of aromatic nitrogens is 2. The van der Waals surface area contributed by atoms with Crippen LogP contribution in [0.4, 0.5) is 4.39 Å². The monoisotopic (exact) mass is 785 g/mol. The van der Waals surface area contributed by atoms with Gasteiger partial charge in [-0.1, -0.05) is 92.1 Å². The van der Waals surface area contributed by atoms with Crippen molar-refractivity contribution < 1.29 is 28.9 Å². The van der Waals surface area contributed by atoms with Gasteiger partial charge in [-0.15, -0.1) is 53.6 Å². The van der Waals surface area contributed by atoms with E-state index in [2.05, 4.69) is 91.1 Å². The summed E-state index contributed by atoms with van der Waals surface area (Å²) < 4.78 is 19.4. The predicted molar refractivity (Wildman–Crippen MR) is 181 cm³/mol. The average Bonchev–Trinajstić information content (AvgIpc) is 3.43. The molecule has 3 heterocycles. The van der Waals surface area contributed by atoms with Crippen LogP contribution < -0.4 is 5.19 Å². The van der Waals surface area contributed by atoms with Crippen LogP contribution in [0.3, 0.4) is 0 Å². The Balaban J connectivity index is 0.000000177. The van der Waals surface area contributed by atoms with E-state index in [4.69, 9.17) is 4.42 Å². The molecule has 0 amide bonds. The van der Waals surface area contributed by atoms with Gasteiger partial charge < -0.3 is 14.4 Å². The van der Waals surface area contributed by atoms with Crippen LogP contribution in [0.25, 0.3) is 44.5 Å². The van der Waals surface area contributed by atoms with Crippen molar-refractivity contribution in [1.82, 2.24) is 9.97 Å². The van der Waals surface area contributed by atoms with E-state index in [1.165, 1.54) is 28.4 Å². The van der Waals surface area contributed by atoms with Crippen molar-refractivity contribution in [3.8, 4) is 22.5 Å². The molecule has 3 aromatic heterocycles. The van der Waals surface area contributed by atoms with Crippen LogP contribution in [-0.4, -0.2) is 18.0 Å². The van der Waals surface area contributed by atoms with Gasteiger partial charge in [-0.2, -0.15) is 0 Å². The number of halogens is 1. The number of benzene rings is 4. The van der Waals surface area contributed by atoms with Crippen molar-refractivity contribution in [1.29, 1.82) is 0 Å². The molecule has 0 saturated carbocycles. The van der Waals surface area contributed by atoms with E-state index in [0.717, 1.165) is 33.3 Å². The van der Waals surface area contributed by atoms with Gasteiger partial charge in [0.2, 0.25) is 0 Å². The van der Waals surface area contributed by atoms with Crippen molar-refractivity contribution in [3.63, 3.8) is 0 Å². The topological polar surface area (TPSA) is 38.9 Å². The van der Waals surface area contributed by atoms with Gasteiger partial charge in [0.15, 0.2) is 0 Å². The van der Waals surface area contributed by atoms with Crippen molar-refractivity contribution in [3.05, 3.63) is 151 Å². The molecular weight excluding hydrogens is 752 g/mol. The standard InChI is InChI=1S/C20H17FNOSi.C19H16N.Ir/c1-24(2,3)14-8-10-18(22-12-14)17-6-4-5-16-15-9-7-13(21)11-19(15)23-20(16)17;1-15(16-8-3-2-4-9-16)17-10-7-11-18(14-17)19-12-5-6-13-20-19;/h4-5,7-12H,1-3H3;2-10,12-15H,1H3;/q2*-1;. The van der Waals surface area contributed by atoms with Gasteiger partial charge in [-0.25, -0.2) is 4.39 Å². The second-order valence-electron chi connectivity index (χ2n) is 11.9. The molecule has 0 aliphatic carbocycles. The largest absolute Gasteiger partial charge is 0.500 e.